The Morgan fingerprint density at radius 3 is 1.31 bits per heavy atom. The first-order valence-corrected chi connectivity index (χ1v) is 15.6. The second kappa shape index (κ2) is 19.4. The molecular weight excluding hydrogens is 608 g/mol. The van der Waals surface area contributed by atoms with Crippen LogP contribution in [0.15, 0.2) is 130 Å². The summed E-state index contributed by atoms with van der Waals surface area (Å²) in [6, 6.07) is 25.4. The zero-order valence-corrected chi connectivity index (χ0v) is 26.4. The molecule has 4 rings (SSSR count). The van der Waals surface area contributed by atoms with Gasteiger partial charge in [0.15, 0.2) is 0 Å². The first kappa shape index (κ1) is 34.7. The molecule has 0 radical (unpaired) electrons. The minimum atomic E-state index is -0.461. The lowest BCUT2D eigenvalue weighted by Crippen LogP contribution is -2.35. The van der Waals surface area contributed by atoms with Crippen LogP contribution in [-0.2, 0) is 19.2 Å². The predicted molar refractivity (Wildman–Crippen MR) is 185 cm³/mol. The SMILES string of the molecule is O=C(/C=C/c1ccco1)N/C(=C\c1ccccc1)C(=O)NCCCCCCNC(=O)/C(=C/c1ccccc1)NC(=O)/C=C/c1ccco1. The van der Waals surface area contributed by atoms with Crippen molar-refractivity contribution in [2.75, 3.05) is 13.1 Å². The molecule has 0 fully saturated rings. The van der Waals surface area contributed by atoms with Crippen LogP contribution in [0.2, 0.25) is 0 Å². The molecule has 48 heavy (non-hydrogen) atoms. The zero-order chi connectivity index (χ0) is 33.8. The molecule has 0 unspecified atom stereocenters. The molecule has 0 spiro atoms. The van der Waals surface area contributed by atoms with Gasteiger partial charge in [0.2, 0.25) is 11.8 Å². The Labute approximate surface area is 279 Å². The lowest BCUT2D eigenvalue weighted by atomic mass is 10.1. The molecule has 4 N–H and O–H groups in total. The van der Waals surface area contributed by atoms with Crippen molar-refractivity contribution in [3.05, 3.63) is 144 Å². The third kappa shape index (κ3) is 12.7. The highest BCUT2D eigenvalue weighted by molar-refractivity contribution is 6.05. The van der Waals surface area contributed by atoms with E-state index in [4.69, 9.17) is 8.83 Å². The van der Waals surface area contributed by atoms with Gasteiger partial charge in [-0.1, -0.05) is 73.5 Å². The summed E-state index contributed by atoms with van der Waals surface area (Å²) in [5, 5.41) is 11.1. The molecule has 0 aliphatic heterocycles. The van der Waals surface area contributed by atoms with Gasteiger partial charge < -0.3 is 30.1 Å². The quantitative estimate of drug-likeness (QED) is 0.0856. The highest BCUT2D eigenvalue weighted by Crippen LogP contribution is 2.09. The van der Waals surface area contributed by atoms with Gasteiger partial charge in [0.1, 0.15) is 22.9 Å². The van der Waals surface area contributed by atoms with Crippen LogP contribution in [0.25, 0.3) is 24.3 Å². The Kier molecular flexibility index (Phi) is 14.0. The van der Waals surface area contributed by atoms with Gasteiger partial charge in [0, 0.05) is 25.2 Å². The zero-order valence-electron chi connectivity index (χ0n) is 26.4. The molecule has 0 saturated heterocycles. The van der Waals surface area contributed by atoms with Gasteiger partial charge in [-0.25, -0.2) is 0 Å². The molecule has 0 atom stereocenters. The molecule has 10 nitrogen and oxygen atoms in total. The van der Waals surface area contributed by atoms with Crippen LogP contribution in [0.3, 0.4) is 0 Å². The second-order valence-corrected chi connectivity index (χ2v) is 10.5. The van der Waals surface area contributed by atoms with Crippen LogP contribution in [0, 0.1) is 0 Å². The summed E-state index contributed by atoms with van der Waals surface area (Å²) in [6.07, 6.45) is 15.0. The van der Waals surface area contributed by atoms with Crippen LogP contribution in [0.5, 0.6) is 0 Å². The first-order valence-electron chi connectivity index (χ1n) is 15.6. The van der Waals surface area contributed by atoms with E-state index in [1.807, 2.05) is 60.7 Å². The van der Waals surface area contributed by atoms with Crippen LogP contribution >= 0.6 is 0 Å². The first-order chi connectivity index (χ1) is 23.5. The van der Waals surface area contributed by atoms with Crippen LogP contribution < -0.4 is 21.3 Å². The summed E-state index contributed by atoms with van der Waals surface area (Å²) < 4.78 is 10.4. The van der Waals surface area contributed by atoms with Gasteiger partial charge in [-0.05, 0) is 72.5 Å². The largest absolute Gasteiger partial charge is 0.465 e. The topological polar surface area (TPSA) is 143 Å². The smallest absolute Gasteiger partial charge is 0.267 e. The van der Waals surface area contributed by atoms with Gasteiger partial charge >= 0.3 is 0 Å². The van der Waals surface area contributed by atoms with Crippen molar-refractivity contribution in [1.29, 1.82) is 0 Å². The van der Waals surface area contributed by atoms with E-state index < -0.39 is 23.6 Å². The average molecular weight is 647 g/mol. The van der Waals surface area contributed by atoms with E-state index in [9.17, 15) is 19.2 Å². The molecule has 0 bridgehead atoms. The van der Waals surface area contributed by atoms with Crippen molar-refractivity contribution < 1.29 is 28.0 Å². The number of unbranched alkanes of at least 4 members (excludes halogenated alkanes) is 3. The molecule has 0 saturated carbocycles. The number of hydrogen-bond acceptors (Lipinski definition) is 6. The summed E-state index contributed by atoms with van der Waals surface area (Å²) in [4.78, 5) is 51.0. The minimum Gasteiger partial charge on any atom is -0.465 e. The number of carbonyl (C=O) groups excluding carboxylic acids is 4. The maximum absolute atomic E-state index is 13.0. The van der Waals surface area contributed by atoms with Gasteiger partial charge in [-0.15, -0.1) is 0 Å². The van der Waals surface area contributed by atoms with Crippen LogP contribution in [-0.4, -0.2) is 36.7 Å². The molecule has 10 heteroatoms. The highest BCUT2D eigenvalue weighted by Gasteiger charge is 2.13. The van der Waals surface area contributed by atoms with E-state index in [0.717, 1.165) is 24.0 Å². The van der Waals surface area contributed by atoms with Gasteiger partial charge in [0.05, 0.1) is 12.5 Å². The highest BCUT2D eigenvalue weighted by atomic mass is 16.3. The third-order valence-corrected chi connectivity index (χ3v) is 6.79. The number of furan rings is 2. The standard InChI is InChI=1S/C38H38N4O6/c43-35(21-19-31-17-11-25-47-31)41-33(27-29-13-5-3-6-14-29)37(45)39-23-9-1-2-10-24-40-38(46)34(28-30-15-7-4-8-16-30)42-36(44)22-20-32-18-12-26-48-32/h3-8,11-22,25-28H,1-2,9-10,23-24H2,(H,39,45)(H,40,46)(H,41,43)(H,42,44)/b21-19+,22-20+,33-27-,34-28-. The van der Waals surface area contributed by atoms with E-state index in [0.29, 0.717) is 37.5 Å². The van der Waals surface area contributed by atoms with E-state index >= 15 is 0 Å². The third-order valence-electron chi connectivity index (χ3n) is 6.79. The van der Waals surface area contributed by atoms with Gasteiger partial charge in [-0.3, -0.25) is 19.2 Å². The Hall–Kier alpha value is -6.16. The number of benzene rings is 2. The van der Waals surface area contributed by atoms with Crippen LogP contribution in [0.4, 0.5) is 0 Å². The normalized spacial score (nSPS) is 11.8. The number of carbonyl (C=O) groups is 4. The molecule has 246 valence electrons. The monoisotopic (exact) mass is 646 g/mol. The van der Waals surface area contributed by atoms with Gasteiger partial charge in [0.25, 0.3) is 11.8 Å². The minimum absolute atomic E-state index is 0.126. The Bertz CT molecular complexity index is 1590. The maximum atomic E-state index is 13.0. The Morgan fingerprint density at radius 2 is 0.938 bits per heavy atom. The van der Waals surface area contributed by atoms with E-state index in [1.165, 1.54) is 36.8 Å². The molecule has 0 aliphatic carbocycles. The summed E-state index contributed by atoms with van der Waals surface area (Å²) in [6.45, 7) is 0.827. The Balaban J connectivity index is 1.20. The lowest BCUT2D eigenvalue weighted by Gasteiger charge is -2.11. The maximum Gasteiger partial charge on any atom is 0.267 e. The molecule has 2 aromatic heterocycles. The Morgan fingerprint density at radius 1 is 0.521 bits per heavy atom. The fourth-order valence-electron chi connectivity index (χ4n) is 4.38. The summed E-state index contributed by atoms with van der Waals surface area (Å²) in [7, 11) is 0. The average Bonchev–Trinajstić information content (AvgIpc) is 3.83. The fourth-order valence-corrected chi connectivity index (χ4v) is 4.38. The van der Waals surface area contributed by atoms with Crippen molar-refractivity contribution in [3.63, 3.8) is 0 Å². The number of rotatable bonds is 17. The van der Waals surface area contributed by atoms with Gasteiger partial charge in [-0.2, -0.15) is 0 Å². The van der Waals surface area contributed by atoms with E-state index in [-0.39, 0.29) is 11.4 Å². The molecule has 2 heterocycles. The summed E-state index contributed by atoms with van der Waals surface area (Å²) in [5.41, 5.74) is 1.79. The summed E-state index contributed by atoms with van der Waals surface area (Å²) in [5.74, 6) is -0.676. The summed E-state index contributed by atoms with van der Waals surface area (Å²) >= 11 is 0. The van der Waals surface area contributed by atoms with Crippen molar-refractivity contribution in [2.24, 2.45) is 0 Å². The number of hydrogen-bond donors (Lipinski definition) is 4. The van der Waals surface area contributed by atoms with E-state index in [2.05, 4.69) is 21.3 Å². The lowest BCUT2D eigenvalue weighted by molar-refractivity contribution is -0.121. The predicted octanol–water partition coefficient (Wildman–Crippen LogP) is 5.71. The molecule has 2 aromatic carbocycles. The second-order valence-electron chi connectivity index (χ2n) is 10.5. The molecule has 0 aliphatic rings. The van der Waals surface area contributed by atoms with Crippen LogP contribution in [0.1, 0.15) is 48.3 Å². The number of amides is 4. The van der Waals surface area contributed by atoms with Crippen molar-refractivity contribution in [3.8, 4) is 0 Å². The van der Waals surface area contributed by atoms with Crippen molar-refractivity contribution in [2.45, 2.75) is 25.7 Å². The molecule has 4 aromatic rings. The van der Waals surface area contributed by atoms with Crippen molar-refractivity contribution in [1.82, 2.24) is 21.3 Å². The number of nitrogens with one attached hydrogen (secondary N) is 4. The molecular formula is C38H38N4O6. The fraction of sp³-hybridized carbons (Fsp3) is 0.158. The van der Waals surface area contributed by atoms with E-state index in [1.54, 1.807) is 36.4 Å². The molecule has 4 amide bonds. The van der Waals surface area contributed by atoms with Crippen molar-refractivity contribution >= 4 is 47.9 Å².